The van der Waals surface area contributed by atoms with Crippen molar-refractivity contribution in [2.24, 2.45) is 0 Å². The first kappa shape index (κ1) is 11.9. The zero-order valence-corrected chi connectivity index (χ0v) is 10.8. The number of aryl methyl sites for hydroxylation is 1. The summed E-state index contributed by atoms with van der Waals surface area (Å²) in [4.78, 5) is 10.9. The Bertz CT molecular complexity index is 575. The molecule has 0 aliphatic carbocycles. The van der Waals surface area contributed by atoms with Gasteiger partial charge in [0, 0.05) is 24.8 Å². The van der Waals surface area contributed by atoms with Gasteiger partial charge in [-0.05, 0) is 13.0 Å². The van der Waals surface area contributed by atoms with Crippen molar-refractivity contribution in [3.05, 3.63) is 17.8 Å². The fraction of sp³-hybridized carbons (Fsp3) is 0.417. The first-order valence-electron chi connectivity index (χ1n) is 6.22. The summed E-state index contributed by atoms with van der Waals surface area (Å²) in [5.41, 5.74) is 7.54. The van der Waals surface area contributed by atoms with Crippen LogP contribution in [0, 0.1) is 6.92 Å². The first-order valence-corrected chi connectivity index (χ1v) is 6.22. The molecule has 1 fully saturated rings. The van der Waals surface area contributed by atoms with Crippen molar-refractivity contribution in [3.8, 4) is 11.5 Å². The Balaban J connectivity index is 1.95. The molecule has 1 aliphatic rings. The van der Waals surface area contributed by atoms with Gasteiger partial charge >= 0.3 is 0 Å². The standard InChI is InChI=1S/C12H16N6O/c1-8-6-9(17-16-8)12-14-10(13)7-11(15-12)18-2-4-19-5-3-18/h6-7H,2-5H2,1H3,(H,16,17)(H2,13,14,15). The van der Waals surface area contributed by atoms with Crippen molar-refractivity contribution in [1.29, 1.82) is 0 Å². The zero-order valence-electron chi connectivity index (χ0n) is 10.8. The zero-order chi connectivity index (χ0) is 13.2. The predicted octanol–water partition coefficient (Wildman–Crippen LogP) is 0.594. The van der Waals surface area contributed by atoms with Gasteiger partial charge in [-0.1, -0.05) is 0 Å². The Morgan fingerprint density at radius 2 is 2.05 bits per heavy atom. The molecule has 0 aromatic carbocycles. The molecule has 7 heteroatoms. The molecule has 0 amide bonds. The summed E-state index contributed by atoms with van der Waals surface area (Å²) in [6.07, 6.45) is 0. The number of morpholine rings is 1. The summed E-state index contributed by atoms with van der Waals surface area (Å²) in [7, 11) is 0. The number of ether oxygens (including phenoxy) is 1. The molecule has 3 rings (SSSR count). The third-order valence-electron chi connectivity index (χ3n) is 3.00. The Hall–Kier alpha value is -2.15. The van der Waals surface area contributed by atoms with E-state index < -0.39 is 0 Å². The van der Waals surface area contributed by atoms with Gasteiger partial charge in [-0.2, -0.15) is 5.10 Å². The molecule has 1 aliphatic heterocycles. The predicted molar refractivity (Wildman–Crippen MR) is 71.8 cm³/mol. The van der Waals surface area contributed by atoms with Crippen molar-refractivity contribution >= 4 is 11.6 Å². The Morgan fingerprint density at radius 1 is 1.26 bits per heavy atom. The van der Waals surface area contributed by atoms with Crippen LogP contribution in [-0.4, -0.2) is 46.5 Å². The number of nitrogens with zero attached hydrogens (tertiary/aromatic N) is 4. The van der Waals surface area contributed by atoms with Gasteiger partial charge in [0.05, 0.1) is 13.2 Å². The number of hydrogen-bond acceptors (Lipinski definition) is 6. The molecule has 100 valence electrons. The van der Waals surface area contributed by atoms with E-state index in [9.17, 15) is 0 Å². The lowest BCUT2D eigenvalue weighted by Crippen LogP contribution is -2.36. The second-order valence-corrected chi connectivity index (χ2v) is 4.51. The highest BCUT2D eigenvalue weighted by atomic mass is 16.5. The quantitative estimate of drug-likeness (QED) is 0.821. The van der Waals surface area contributed by atoms with E-state index >= 15 is 0 Å². The normalized spacial score (nSPS) is 15.7. The van der Waals surface area contributed by atoms with Crippen LogP contribution in [-0.2, 0) is 4.74 Å². The number of nitrogen functional groups attached to an aromatic ring is 1. The highest BCUT2D eigenvalue weighted by Crippen LogP contribution is 2.20. The third kappa shape index (κ3) is 2.50. The number of nitrogens with two attached hydrogens (primary N) is 1. The van der Waals surface area contributed by atoms with Gasteiger partial charge in [0.2, 0.25) is 0 Å². The van der Waals surface area contributed by atoms with Crippen LogP contribution >= 0.6 is 0 Å². The van der Waals surface area contributed by atoms with Crippen molar-refractivity contribution < 1.29 is 4.74 Å². The fourth-order valence-electron chi connectivity index (χ4n) is 2.05. The van der Waals surface area contributed by atoms with Gasteiger partial charge in [-0.25, -0.2) is 9.97 Å². The Labute approximate surface area is 110 Å². The number of aromatic nitrogens is 4. The molecule has 3 heterocycles. The highest BCUT2D eigenvalue weighted by molar-refractivity contribution is 5.58. The van der Waals surface area contributed by atoms with E-state index in [1.807, 2.05) is 13.0 Å². The van der Waals surface area contributed by atoms with Gasteiger partial charge in [-0.3, -0.25) is 5.10 Å². The maximum absolute atomic E-state index is 5.86. The molecular formula is C12H16N6O. The van der Waals surface area contributed by atoms with E-state index in [2.05, 4.69) is 25.1 Å². The van der Waals surface area contributed by atoms with Gasteiger partial charge in [-0.15, -0.1) is 0 Å². The van der Waals surface area contributed by atoms with Crippen LogP contribution in [0.15, 0.2) is 12.1 Å². The third-order valence-corrected chi connectivity index (χ3v) is 3.00. The number of rotatable bonds is 2. The minimum Gasteiger partial charge on any atom is -0.384 e. The number of nitrogens with one attached hydrogen (secondary N) is 1. The molecule has 0 spiro atoms. The molecule has 0 atom stereocenters. The van der Waals surface area contributed by atoms with Crippen LogP contribution in [0.4, 0.5) is 11.6 Å². The van der Waals surface area contributed by atoms with Crippen molar-refractivity contribution in [3.63, 3.8) is 0 Å². The lowest BCUT2D eigenvalue weighted by Gasteiger charge is -2.27. The van der Waals surface area contributed by atoms with E-state index in [1.165, 1.54) is 0 Å². The molecule has 0 radical (unpaired) electrons. The van der Waals surface area contributed by atoms with Gasteiger partial charge in [0.25, 0.3) is 0 Å². The van der Waals surface area contributed by atoms with E-state index in [0.29, 0.717) is 30.5 Å². The monoisotopic (exact) mass is 260 g/mol. The van der Waals surface area contributed by atoms with Crippen LogP contribution in [0.2, 0.25) is 0 Å². The molecule has 0 bridgehead atoms. The van der Waals surface area contributed by atoms with Crippen molar-refractivity contribution in [2.45, 2.75) is 6.92 Å². The average Bonchev–Trinajstić information content (AvgIpc) is 2.86. The van der Waals surface area contributed by atoms with Gasteiger partial charge in [0.15, 0.2) is 5.82 Å². The van der Waals surface area contributed by atoms with Crippen molar-refractivity contribution in [2.75, 3.05) is 36.9 Å². The van der Waals surface area contributed by atoms with E-state index in [4.69, 9.17) is 10.5 Å². The first-order chi connectivity index (χ1) is 9.22. The van der Waals surface area contributed by atoms with Crippen LogP contribution in [0.1, 0.15) is 5.69 Å². The summed E-state index contributed by atoms with van der Waals surface area (Å²) in [5.74, 6) is 1.82. The topological polar surface area (TPSA) is 92.9 Å². The summed E-state index contributed by atoms with van der Waals surface area (Å²) in [5, 5.41) is 7.05. The van der Waals surface area contributed by atoms with Gasteiger partial charge < -0.3 is 15.4 Å². The van der Waals surface area contributed by atoms with Crippen LogP contribution in [0.25, 0.3) is 11.5 Å². The maximum Gasteiger partial charge on any atom is 0.184 e. The second kappa shape index (κ2) is 4.85. The van der Waals surface area contributed by atoms with Crippen LogP contribution < -0.4 is 10.6 Å². The molecule has 7 nitrogen and oxygen atoms in total. The van der Waals surface area contributed by atoms with E-state index in [0.717, 1.165) is 24.6 Å². The fourth-order valence-corrected chi connectivity index (χ4v) is 2.05. The lowest BCUT2D eigenvalue weighted by molar-refractivity contribution is 0.122. The molecule has 2 aromatic heterocycles. The second-order valence-electron chi connectivity index (χ2n) is 4.51. The maximum atomic E-state index is 5.86. The summed E-state index contributed by atoms with van der Waals surface area (Å²) >= 11 is 0. The minimum atomic E-state index is 0.451. The van der Waals surface area contributed by atoms with Crippen LogP contribution in [0.3, 0.4) is 0 Å². The van der Waals surface area contributed by atoms with Gasteiger partial charge in [0.1, 0.15) is 17.3 Å². The number of aromatic amines is 1. The summed E-state index contributed by atoms with van der Waals surface area (Å²) < 4.78 is 5.34. The molecule has 0 unspecified atom stereocenters. The van der Waals surface area contributed by atoms with E-state index in [-0.39, 0.29) is 0 Å². The largest absolute Gasteiger partial charge is 0.384 e. The molecule has 19 heavy (non-hydrogen) atoms. The van der Waals surface area contributed by atoms with Crippen molar-refractivity contribution in [1.82, 2.24) is 20.2 Å². The smallest absolute Gasteiger partial charge is 0.184 e. The number of anilines is 2. The molecule has 3 N–H and O–H groups in total. The van der Waals surface area contributed by atoms with E-state index in [1.54, 1.807) is 6.07 Å². The molecule has 1 saturated heterocycles. The average molecular weight is 260 g/mol. The highest BCUT2D eigenvalue weighted by Gasteiger charge is 2.15. The Morgan fingerprint density at radius 3 is 2.74 bits per heavy atom. The number of hydrogen-bond donors (Lipinski definition) is 2. The number of H-pyrrole nitrogens is 1. The summed E-state index contributed by atoms with van der Waals surface area (Å²) in [6, 6.07) is 3.69. The summed E-state index contributed by atoms with van der Waals surface area (Å²) in [6.45, 7) is 4.98. The van der Waals surface area contributed by atoms with Crippen LogP contribution in [0.5, 0.6) is 0 Å². The minimum absolute atomic E-state index is 0.451. The lowest BCUT2D eigenvalue weighted by atomic mass is 10.3. The SMILES string of the molecule is Cc1cc(-c2nc(N)cc(N3CCOCC3)n2)n[nH]1. The molecular weight excluding hydrogens is 244 g/mol. The molecule has 0 saturated carbocycles. The molecule has 2 aromatic rings. The Kier molecular flexibility index (Phi) is 3.04.